The minimum atomic E-state index is -0.967. The van der Waals surface area contributed by atoms with Crippen molar-refractivity contribution in [1.29, 1.82) is 5.26 Å². The van der Waals surface area contributed by atoms with Crippen molar-refractivity contribution in [2.45, 2.75) is 39.2 Å². The molecule has 1 fully saturated rings. The molecule has 2 rings (SSSR count). The number of hydrogen-bond acceptors (Lipinski definition) is 3. The Balaban J connectivity index is 1.96. The van der Waals surface area contributed by atoms with Gasteiger partial charge in [-0.25, -0.2) is 0 Å². The minimum Gasteiger partial charge on any atom is -0.352 e. The van der Waals surface area contributed by atoms with Gasteiger partial charge in [0.25, 0.3) is 0 Å². The van der Waals surface area contributed by atoms with Crippen LogP contribution < -0.4 is 10.6 Å². The van der Waals surface area contributed by atoms with Crippen molar-refractivity contribution in [3.05, 3.63) is 29.3 Å². The Bertz CT molecular complexity index is 680. The second-order valence-electron chi connectivity index (χ2n) is 6.40. The average Bonchev–Trinajstić information content (AvgIpc) is 2.61. The van der Waals surface area contributed by atoms with E-state index in [1.165, 1.54) is 0 Å². The van der Waals surface area contributed by atoms with Gasteiger partial charge in [0, 0.05) is 29.8 Å². The summed E-state index contributed by atoms with van der Waals surface area (Å²) in [5.41, 5.74) is -0.143. The molecular formula is C18H23ClN4OS. The molecule has 0 unspecified atom stereocenters. The third kappa shape index (κ3) is 4.83. The van der Waals surface area contributed by atoms with Crippen LogP contribution in [0.1, 0.15) is 33.1 Å². The van der Waals surface area contributed by atoms with E-state index in [2.05, 4.69) is 16.7 Å². The highest BCUT2D eigenvalue weighted by Gasteiger charge is 2.42. The molecule has 1 aromatic rings. The molecule has 0 radical (unpaired) electrons. The number of carbonyl (C=O) groups excluding carboxylic acids is 1. The Kier molecular flexibility index (Phi) is 6.63. The van der Waals surface area contributed by atoms with E-state index in [0.717, 1.165) is 12.1 Å². The highest BCUT2D eigenvalue weighted by Crippen LogP contribution is 2.31. The Morgan fingerprint density at radius 3 is 2.72 bits per heavy atom. The van der Waals surface area contributed by atoms with Crippen molar-refractivity contribution < 1.29 is 4.79 Å². The second kappa shape index (κ2) is 8.50. The number of halogens is 1. The van der Waals surface area contributed by atoms with Gasteiger partial charge in [-0.1, -0.05) is 24.6 Å². The minimum absolute atomic E-state index is 0.0707. The maximum atomic E-state index is 12.5. The van der Waals surface area contributed by atoms with E-state index in [1.807, 2.05) is 30.9 Å². The van der Waals surface area contributed by atoms with Crippen LogP contribution in [0.5, 0.6) is 0 Å². The number of nitriles is 1. The van der Waals surface area contributed by atoms with Crippen LogP contribution in [0.3, 0.4) is 0 Å². The van der Waals surface area contributed by atoms with Crippen molar-refractivity contribution in [2.75, 3.05) is 18.4 Å². The van der Waals surface area contributed by atoms with Crippen LogP contribution in [0.2, 0.25) is 5.02 Å². The zero-order valence-corrected chi connectivity index (χ0v) is 16.1. The maximum absolute atomic E-state index is 12.5. The fraction of sp³-hybridized carbons (Fsp3) is 0.500. The molecule has 7 heteroatoms. The highest BCUT2D eigenvalue weighted by atomic mass is 35.5. The van der Waals surface area contributed by atoms with Crippen LogP contribution in [0.15, 0.2) is 24.3 Å². The Morgan fingerprint density at radius 1 is 1.48 bits per heavy atom. The molecule has 0 aromatic heterocycles. The number of likely N-dealkylation sites (tertiary alicyclic amines) is 1. The molecule has 0 aliphatic carbocycles. The van der Waals surface area contributed by atoms with E-state index >= 15 is 0 Å². The number of piperidine rings is 1. The number of amides is 1. The molecule has 1 saturated heterocycles. The van der Waals surface area contributed by atoms with Crippen molar-refractivity contribution in [1.82, 2.24) is 10.2 Å². The number of benzene rings is 1. The van der Waals surface area contributed by atoms with E-state index in [1.54, 1.807) is 12.1 Å². The Hall–Kier alpha value is -1.84. The number of thiocarbonyl (C=S) groups is 1. The van der Waals surface area contributed by atoms with Gasteiger partial charge in [-0.3, -0.25) is 4.79 Å². The van der Waals surface area contributed by atoms with E-state index < -0.39 is 5.41 Å². The van der Waals surface area contributed by atoms with Gasteiger partial charge in [-0.05, 0) is 56.6 Å². The molecule has 1 aromatic carbocycles. The van der Waals surface area contributed by atoms with Crippen molar-refractivity contribution >= 4 is 40.5 Å². The first-order valence-corrected chi connectivity index (χ1v) is 9.22. The summed E-state index contributed by atoms with van der Waals surface area (Å²) in [4.78, 5) is 14.5. The highest BCUT2D eigenvalue weighted by molar-refractivity contribution is 7.80. The molecule has 1 heterocycles. The molecule has 0 spiro atoms. The summed E-state index contributed by atoms with van der Waals surface area (Å²) in [7, 11) is 0. The predicted octanol–water partition coefficient (Wildman–Crippen LogP) is 3.56. The lowest BCUT2D eigenvalue weighted by Crippen LogP contribution is -2.51. The molecule has 1 atom stereocenters. The van der Waals surface area contributed by atoms with Gasteiger partial charge in [0.1, 0.15) is 5.41 Å². The standard InChI is InChI=1S/C18H23ClN4OS/c1-3-13(2)21-16(24)18(12-20)7-9-23(10-8-18)17(25)22-15-6-4-5-14(19)11-15/h4-6,11,13H,3,7-10H2,1-2H3,(H,21,24)(H,22,25)/t13-/m1/s1. The van der Waals surface area contributed by atoms with E-state index in [0.29, 0.717) is 36.1 Å². The number of nitrogens with zero attached hydrogens (tertiary/aromatic N) is 2. The van der Waals surface area contributed by atoms with Crippen LogP contribution in [-0.4, -0.2) is 35.1 Å². The van der Waals surface area contributed by atoms with Crippen LogP contribution in [0.4, 0.5) is 5.69 Å². The zero-order chi connectivity index (χ0) is 18.4. The van der Waals surface area contributed by atoms with Gasteiger partial charge < -0.3 is 15.5 Å². The first-order chi connectivity index (χ1) is 11.9. The third-order valence-corrected chi connectivity index (χ3v) is 5.21. The van der Waals surface area contributed by atoms with Gasteiger partial charge in [0.2, 0.25) is 5.91 Å². The topological polar surface area (TPSA) is 68.2 Å². The SMILES string of the molecule is CC[C@@H](C)NC(=O)C1(C#N)CCN(C(=S)Nc2cccc(Cl)c2)CC1. The van der Waals surface area contributed by atoms with Gasteiger partial charge in [-0.2, -0.15) is 5.26 Å². The van der Waals surface area contributed by atoms with Gasteiger partial charge in [0.15, 0.2) is 5.11 Å². The van der Waals surface area contributed by atoms with E-state index in [4.69, 9.17) is 23.8 Å². The van der Waals surface area contributed by atoms with Crippen molar-refractivity contribution in [3.8, 4) is 6.07 Å². The molecule has 0 saturated carbocycles. The van der Waals surface area contributed by atoms with E-state index in [9.17, 15) is 10.1 Å². The number of hydrogen-bond donors (Lipinski definition) is 2. The number of anilines is 1. The van der Waals surface area contributed by atoms with Gasteiger partial charge in [0.05, 0.1) is 6.07 Å². The first kappa shape index (κ1) is 19.5. The van der Waals surface area contributed by atoms with Crippen LogP contribution in [0.25, 0.3) is 0 Å². The quantitative estimate of drug-likeness (QED) is 0.784. The number of rotatable bonds is 4. The first-order valence-electron chi connectivity index (χ1n) is 8.44. The average molecular weight is 379 g/mol. The second-order valence-corrected chi connectivity index (χ2v) is 7.23. The molecular weight excluding hydrogens is 356 g/mol. The fourth-order valence-electron chi connectivity index (χ4n) is 2.71. The Morgan fingerprint density at radius 2 is 2.16 bits per heavy atom. The zero-order valence-electron chi connectivity index (χ0n) is 14.5. The van der Waals surface area contributed by atoms with Crippen LogP contribution in [0, 0.1) is 16.7 Å². The summed E-state index contributed by atoms with van der Waals surface area (Å²) < 4.78 is 0. The molecule has 0 bridgehead atoms. The van der Waals surface area contributed by atoms with Crippen molar-refractivity contribution in [2.24, 2.45) is 5.41 Å². The molecule has 1 amide bonds. The Labute approximate surface area is 159 Å². The normalized spacial score (nSPS) is 17.3. The molecule has 2 N–H and O–H groups in total. The monoisotopic (exact) mass is 378 g/mol. The smallest absolute Gasteiger partial charge is 0.240 e. The summed E-state index contributed by atoms with van der Waals surface area (Å²) in [6.45, 7) is 5.08. The fourth-order valence-corrected chi connectivity index (χ4v) is 3.20. The lowest BCUT2D eigenvalue weighted by molar-refractivity contribution is -0.130. The van der Waals surface area contributed by atoms with Crippen LogP contribution >= 0.6 is 23.8 Å². The summed E-state index contributed by atoms with van der Waals surface area (Å²) >= 11 is 11.4. The number of nitrogens with one attached hydrogen (secondary N) is 2. The third-order valence-electron chi connectivity index (χ3n) is 4.62. The molecule has 1 aliphatic rings. The summed E-state index contributed by atoms with van der Waals surface area (Å²) in [6, 6.07) is 9.66. The predicted molar refractivity (Wildman–Crippen MR) is 104 cm³/mol. The summed E-state index contributed by atoms with van der Waals surface area (Å²) in [5, 5.41) is 16.9. The van der Waals surface area contributed by atoms with Crippen molar-refractivity contribution in [3.63, 3.8) is 0 Å². The molecule has 1 aliphatic heterocycles. The largest absolute Gasteiger partial charge is 0.352 e. The number of carbonyl (C=O) groups is 1. The lowest BCUT2D eigenvalue weighted by Gasteiger charge is -2.38. The van der Waals surface area contributed by atoms with Gasteiger partial charge >= 0.3 is 0 Å². The molecule has 25 heavy (non-hydrogen) atoms. The van der Waals surface area contributed by atoms with Crippen LogP contribution in [-0.2, 0) is 4.79 Å². The van der Waals surface area contributed by atoms with Gasteiger partial charge in [-0.15, -0.1) is 0 Å². The molecule has 134 valence electrons. The van der Waals surface area contributed by atoms with E-state index in [-0.39, 0.29) is 11.9 Å². The maximum Gasteiger partial charge on any atom is 0.240 e. The summed E-state index contributed by atoms with van der Waals surface area (Å²) in [5.74, 6) is -0.169. The molecule has 5 nitrogen and oxygen atoms in total. The lowest BCUT2D eigenvalue weighted by atomic mass is 9.78. The summed E-state index contributed by atoms with van der Waals surface area (Å²) in [6.07, 6.45) is 1.76.